The van der Waals surface area contributed by atoms with Crippen LogP contribution in [0.4, 0.5) is 0 Å². The van der Waals surface area contributed by atoms with Crippen molar-refractivity contribution in [3.8, 4) is 0 Å². The van der Waals surface area contributed by atoms with E-state index in [1.165, 1.54) is 6.04 Å². The SMILES string of the molecule is CC(C)N(C(C)C)[SiH]1CC(C)(C)CO[SiH2]1. The van der Waals surface area contributed by atoms with E-state index < -0.39 is 8.48 Å². The second-order valence-electron chi connectivity index (χ2n) is 6.17. The molecule has 1 atom stereocenters. The van der Waals surface area contributed by atoms with E-state index in [1.807, 2.05) is 0 Å². The molecule has 1 aliphatic rings. The highest BCUT2D eigenvalue weighted by Gasteiger charge is 2.35. The van der Waals surface area contributed by atoms with Crippen molar-refractivity contribution in [1.82, 2.24) is 4.57 Å². The molecule has 0 aromatic carbocycles. The van der Waals surface area contributed by atoms with E-state index in [1.54, 1.807) is 0 Å². The van der Waals surface area contributed by atoms with Crippen LogP contribution in [0.25, 0.3) is 0 Å². The quantitative estimate of drug-likeness (QED) is 0.698. The van der Waals surface area contributed by atoms with Gasteiger partial charge < -0.3 is 8.99 Å². The van der Waals surface area contributed by atoms with Crippen molar-refractivity contribution in [2.75, 3.05) is 6.61 Å². The zero-order valence-electron chi connectivity index (χ0n) is 11.2. The van der Waals surface area contributed by atoms with Crippen molar-refractivity contribution in [3.63, 3.8) is 0 Å². The zero-order chi connectivity index (χ0) is 11.6. The summed E-state index contributed by atoms with van der Waals surface area (Å²) in [6, 6.07) is 2.86. The highest BCUT2D eigenvalue weighted by atomic mass is 29.2. The molecule has 4 heteroatoms. The highest BCUT2D eigenvalue weighted by molar-refractivity contribution is 7.08. The third-order valence-corrected chi connectivity index (χ3v) is 11.6. The van der Waals surface area contributed by atoms with Gasteiger partial charge in [-0.1, -0.05) is 41.5 Å². The van der Waals surface area contributed by atoms with Crippen LogP contribution >= 0.6 is 0 Å². The fraction of sp³-hybridized carbons (Fsp3) is 1.00. The summed E-state index contributed by atoms with van der Waals surface area (Å²) in [6.07, 6.45) is 0. The molecule has 1 aliphatic heterocycles. The molecule has 1 heterocycles. The van der Waals surface area contributed by atoms with Gasteiger partial charge in [0.1, 0.15) is 8.48 Å². The van der Waals surface area contributed by atoms with E-state index in [0.29, 0.717) is 17.5 Å². The predicted octanol–water partition coefficient (Wildman–Crippen LogP) is 1.47. The fourth-order valence-corrected chi connectivity index (χ4v) is 14.3. The van der Waals surface area contributed by atoms with Crippen LogP contribution in [0, 0.1) is 5.41 Å². The van der Waals surface area contributed by atoms with Gasteiger partial charge >= 0.3 is 0 Å². The second kappa shape index (κ2) is 5.12. The van der Waals surface area contributed by atoms with Crippen molar-refractivity contribution in [2.24, 2.45) is 5.41 Å². The molecule has 0 bridgehead atoms. The summed E-state index contributed by atoms with van der Waals surface area (Å²) in [6.45, 7) is 15.1. The molecule has 0 saturated carbocycles. The Morgan fingerprint density at radius 3 is 2.13 bits per heavy atom. The molecule has 1 unspecified atom stereocenters. The van der Waals surface area contributed by atoms with Crippen LogP contribution < -0.4 is 0 Å². The van der Waals surface area contributed by atoms with Crippen LogP contribution in [0.3, 0.4) is 0 Å². The minimum atomic E-state index is -0.732. The van der Waals surface area contributed by atoms with Crippen molar-refractivity contribution in [3.05, 3.63) is 0 Å². The topological polar surface area (TPSA) is 12.5 Å². The largest absolute Gasteiger partial charge is 0.425 e. The van der Waals surface area contributed by atoms with Crippen molar-refractivity contribution < 1.29 is 4.43 Å². The monoisotopic (exact) mass is 245 g/mol. The first kappa shape index (κ1) is 13.4. The number of hydrogen-bond acceptors (Lipinski definition) is 2. The van der Waals surface area contributed by atoms with Gasteiger partial charge in [0.25, 0.3) is 0 Å². The van der Waals surface area contributed by atoms with Gasteiger partial charge in [0, 0.05) is 6.61 Å². The average Bonchev–Trinajstić information content (AvgIpc) is 1.99. The van der Waals surface area contributed by atoms with Crippen LogP contribution in [0.2, 0.25) is 6.04 Å². The Morgan fingerprint density at radius 2 is 1.73 bits per heavy atom. The Bertz CT molecular complexity index is 199. The first-order valence-electron chi connectivity index (χ1n) is 6.18. The Kier molecular flexibility index (Phi) is 4.58. The number of rotatable bonds is 3. The summed E-state index contributed by atoms with van der Waals surface area (Å²) >= 11 is 0. The van der Waals surface area contributed by atoms with Crippen molar-refractivity contribution in [1.29, 1.82) is 0 Å². The van der Waals surface area contributed by atoms with E-state index in [2.05, 4.69) is 46.1 Å². The summed E-state index contributed by atoms with van der Waals surface area (Å²) in [7, 11) is -0.946. The first-order chi connectivity index (χ1) is 6.83. The lowest BCUT2D eigenvalue weighted by Crippen LogP contribution is -2.56. The lowest BCUT2D eigenvalue weighted by Gasteiger charge is -2.43. The molecule has 1 fully saturated rings. The molecule has 0 N–H and O–H groups in total. The highest BCUT2D eigenvalue weighted by Crippen LogP contribution is 2.29. The Hall–Kier alpha value is 0.354. The lowest BCUT2D eigenvalue weighted by molar-refractivity contribution is 0.187. The Balaban J connectivity index is 2.67. The predicted molar refractivity (Wildman–Crippen MR) is 72.3 cm³/mol. The molecule has 15 heavy (non-hydrogen) atoms. The molecular weight excluding hydrogens is 218 g/mol. The lowest BCUT2D eigenvalue weighted by atomic mass is 9.98. The summed E-state index contributed by atoms with van der Waals surface area (Å²) in [5.74, 6) is 0. The average molecular weight is 246 g/mol. The molecule has 0 radical (unpaired) electrons. The summed E-state index contributed by atoms with van der Waals surface area (Å²) in [4.78, 5) is 0. The van der Waals surface area contributed by atoms with Gasteiger partial charge in [0.2, 0.25) is 0 Å². The molecule has 0 spiro atoms. The molecule has 2 nitrogen and oxygen atoms in total. The second-order valence-corrected chi connectivity index (χ2v) is 13.1. The summed E-state index contributed by atoms with van der Waals surface area (Å²) in [5.41, 5.74) is 0.435. The van der Waals surface area contributed by atoms with Crippen LogP contribution in [0.1, 0.15) is 41.5 Å². The van der Waals surface area contributed by atoms with Gasteiger partial charge in [-0.25, -0.2) is 0 Å². The maximum atomic E-state index is 5.94. The van der Waals surface area contributed by atoms with Crippen LogP contribution in [0.15, 0.2) is 0 Å². The summed E-state index contributed by atoms with van der Waals surface area (Å²) in [5, 5.41) is 0. The van der Waals surface area contributed by atoms with Gasteiger partial charge in [0.15, 0.2) is 9.28 Å². The smallest absolute Gasteiger partial charge is 0.164 e. The fourth-order valence-electron chi connectivity index (χ4n) is 2.86. The molecule has 0 aromatic rings. The first-order valence-corrected chi connectivity index (χ1v) is 11.4. The minimum Gasteiger partial charge on any atom is -0.425 e. The van der Waals surface area contributed by atoms with E-state index in [9.17, 15) is 0 Å². The molecule has 0 amide bonds. The van der Waals surface area contributed by atoms with E-state index in [-0.39, 0.29) is 9.28 Å². The standard InChI is InChI=1S/C11H27NOSi2/c1-9(2)12(10(3)4)15-8-11(5,6)7-13-14-15/h9-10,15H,7-8,14H2,1-6H3. The van der Waals surface area contributed by atoms with Gasteiger partial charge in [-0.15, -0.1) is 0 Å². The van der Waals surface area contributed by atoms with Crippen LogP contribution in [-0.4, -0.2) is 41.0 Å². The maximum Gasteiger partial charge on any atom is 0.164 e. The van der Waals surface area contributed by atoms with Gasteiger partial charge in [-0.3, -0.25) is 0 Å². The molecule has 1 rings (SSSR count). The third-order valence-electron chi connectivity index (χ3n) is 3.21. The summed E-state index contributed by atoms with van der Waals surface area (Å²) < 4.78 is 8.72. The normalized spacial score (nSPS) is 28.2. The van der Waals surface area contributed by atoms with Crippen molar-refractivity contribution >= 4 is 17.8 Å². The minimum absolute atomic E-state index is 0.215. The Morgan fingerprint density at radius 1 is 1.20 bits per heavy atom. The van der Waals surface area contributed by atoms with Gasteiger partial charge in [0.05, 0.1) is 0 Å². The third kappa shape index (κ3) is 3.69. The molecule has 0 aromatic heterocycles. The van der Waals surface area contributed by atoms with E-state index >= 15 is 0 Å². The molecule has 1 saturated heterocycles. The number of hydrogen-bond donors (Lipinski definition) is 0. The molecule has 0 aliphatic carbocycles. The van der Waals surface area contributed by atoms with Crippen molar-refractivity contribution in [2.45, 2.75) is 59.7 Å². The molecule has 90 valence electrons. The van der Waals surface area contributed by atoms with E-state index in [0.717, 1.165) is 6.61 Å². The molecular formula is C11H27NOSi2. The van der Waals surface area contributed by atoms with Crippen LogP contribution in [-0.2, 0) is 4.43 Å². The zero-order valence-corrected chi connectivity index (χ0v) is 13.8. The van der Waals surface area contributed by atoms with Gasteiger partial charge in [-0.05, 0) is 23.5 Å². The Labute approximate surface area is 98.8 Å². The number of nitrogens with zero attached hydrogens (tertiary/aromatic N) is 1. The van der Waals surface area contributed by atoms with Crippen LogP contribution in [0.5, 0.6) is 0 Å². The maximum absolute atomic E-state index is 5.94. The van der Waals surface area contributed by atoms with E-state index in [4.69, 9.17) is 4.43 Å². The van der Waals surface area contributed by atoms with Gasteiger partial charge in [-0.2, -0.15) is 0 Å².